The van der Waals surface area contributed by atoms with E-state index in [-0.39, 0.29) is 18.1 Å². The quantitative estimate of drug-likeness (QED) is 0.859. The fourth-order valence-corrected chi connectivity index (χ4v) is 3.37. The smallest absolute Gasteiger partial charge is 0.272 e. The molecule has 2 aromatic heterocycles. The van der Waals surface area contributed by atoms with E-state index in [1.54, 1.807) is 10.9 Å². The van der Waals surface area contributed by atoms with Crippen LogP contribution in [0.4, 0.5) is 0 Å². The van der Waals surface area contributed by atoms with Gasteiger partial charge in [0, 0.05) is 37.3 Å². The molecule has 1 aliphatic heterocycles. The number of hydrogen-bond donors (Lipinski definition) is 1. The molecule has 0 unspecified atom stereocenters. The summed E-state index contributed by atoms with van der Waals surface area (Å²) in [5.74, 6) is 0.377. The van der Waals surface area contributed by atoms with E-state index >= 15 is 0 Å². The van der Waals surface area contributed by atoms with Gasteiger partial charge < -0.3 is 14.8 Å². The molecule has 7 heteroatoms. The molecule has 0 saturated heterocycles. The molecule has 140 valence electrons. The zero-order valence-electron chi connectivity index (χ0n) is 15.8. The van der Waals surface area contributed by atoms with Gasteiger partial charge in [-0.15, -0.1) is 0 Å². The number of ether oxygens (including phenoxy) is 2. The third-order valence-corrected chi connectivity index (χ3v) is 4.45. The molecule has 1 N–H and O–H groups in total. The Hall–Kier alpha value is -2.41. The van der Waals surface area contributed by atoms with Crippen LogP contribution < -0.4 is 10.1 Å². The predicted molar refractivity (Wildman–Crippen MR) is 97.1 cm³/mol. The summed E-state index contributed by atoms with van der Waals surface area (Å²) in [7, 11) is 1.85. The van der Waals surface area contributed by atoms with Crippen LogP contribution in [-0.4, -0.2) is 33.4 Å². The zero-order chi connectivity index (χ0) is 18.7. The maximum Gasteiger partial charge on any atom is 0.272 e. The second-order valence-electron chi connectivity index (χ2n) is 6.63. The molecule has 0 fully saturated rings. The SMILES string of the molecule is CCCOc1ncccc1CNC(=O)c1nn(C)c2c1C[C@H](C)O[C@@H]2C. The van der Waals surface area contributed by atoms with Crippen LogP contribution in [0.2, 0.25) is 0 Å². The van der Waals surface area contributed by atoms with Crippen LogP contribution in [0.15, 0.2) is 18.3 Å². The minimum atomic E-state index is -0.187. The molecule has 0 saturated carbocycles. The third-order valence-electron chi connectivity index (χ3n) is 4.45. The summed E-state index contributed by atoms with van der Waals surface area (Å²) in [5.41, 5.74) is 3.28. The van der Waals surface area contributed by atoms with E-state index in [0.717, 1.165) is 23.2 Å². The van der Waals surface area contributed by atoms with Crippen LogP contribution in [0.1, 0.15) is 60.6 Å². The number of fused-ring (bicyclic) bond motifs is 1. The van der Waals surface area contributed by atoms with Crippen molar-refractivity contribution in [2.45, 2.75) is 52.4 Å². The van der Waals surface area contributed by atoms with Gasteiger partial charge in [0.25, 0.3) is 5.91 Å². The van der Waals surface area contributed by atoms with Gasteiger partial charge in [0.2, 0.25) is 5.88 Å². The fourth-order valence-electron chi connectivity index (χ4n) is 3.37. The molecule has 1 amide bonds. The molecule has 3 heterocycles. The Morgan fingerprint density at radius 1 is 1.46 bits per heavy atom. The molecule has 2 atom stereocenters. The summed E-state index contributed by atoms with van der Waals surface area (Å²) < 4.78 is 13.3. The number of hydrogen-bond acceptors (Lipinski definition) is 5. The first-order valence-corrected chi connectivity index (χ1v) is 9.07. The number of amides is 1. The van der Waals surface area contributed by atoms with Gasteiger partial charge in [0.1, 0.15) is 0 Å². The molecule has 3 rings (SSSR count). The Bertz CT molecular complexity index is 787. The lowest BCUT2D eigenvalue weighted by molar-refractivity contribution is -0.00903. The summed E-state index contributed by atoms with van der Waals surface area (Å²) in [6.45, 7) is 6.99. The summed E-state index contributed by atoms with van der Waals surface area (Å²) >= 11 is 0. The number of rotatable bonds is 6. The lowest BCUT2D eigenvalue weighted by Crippen LogP contribution is -2.27. The molecule has 0 aliphatic carbocycles. The first-order valence-electron chi connectivity index (χ1n) is 9.07. The van der Waals surface area contributed by atoms with Crippen LogP contribution in [0.3, 0.4) is 0 Å². The first-order chi connectivity index (χ1) is 12.5. The lowest BCUT2D eigenvalue weighted by atomic mass is 9.99. The van der Waals surface area contributed by atoms with Gasteiger partial charge in [0.15, 0.2) is 5.69 Å². The summed E-state index contributed by atoms with van der Waals surface area (Å²) in [5, 5.41) is 7.39. The van der Waals surface area contributed by atoms with Gasteiger partial charge in [-0.3, -0.25) is 9.48 Å². The van der Waals surface area contributed by atoms with E-state index in [0.29, 0.717) is 31.1 Å². The Balaban J connectivity index is 1.75. The molecule has 0 radical (unpaired) electrons. The van der Waals surface area contributed by atoms with E-state index < -0.39 is 0 Å². The van der Waals surface area contributed by atoms with Crippen molar-refractivity contribution in [2.75, 3.05) is 6.61 Å². The highest BCUT2D eigenvalue weighted by molar-refractivity contribution is 5.94. The van der Waals surface area contributed by atoms with Crippen molar-refractivity contribution in [1.82, 2.24) is 20.1 Å². The van der Waals surface area contributed by atoms with Crippen molar-refractivity contribution in [3.8, 4) is 5.88 Å². The van der Waals surface area contributed by atoms with Crippen molar-refractivity contribution in [3.63, 3.8) is 0 Å². The van der Waals surface area contributed by atoms with Crippen molar-refractivity contribution >= 4 is 5.91 Å². The average Bonchev–Trinajstić information content (AvgIpc) is 2.95. The minimum absolute atomic E-state index is 0.0693. The van der Waals surface area contributed by atoms with Gasteiger partial charge in [-0.05, 0) is 26.3 Å². The first kappa shape index (κ1) is 18.4. The Morgan fingerprint density at radius 3 is 3.04 bits per heavy atom. The highest BCUT2D eigenvalue weighted by Gasteiger charge is 2.31. The lowest BCUT2D eigenvalue weighted by Gasteiger charge is -2.26. The van der Waals surface area contributed by atoms with Crippen LogP contribution in [0.5, 0.6) is 5.88 Å². The number of aryl methyl sites for hydroxylation is 1. The van der Waals surface area contributed by atoms with Crippen LogP contribution in [0, 0.1) is 0 Å². The van der Waals surface area contributed by atoms with Crippen molar-refractivity contribution in [1.29, 1.82) is 0 Å². The monoisotopic (exact) mass is 358 g/mol. The fraction of sp³-hybridized carbons (Fsp3) is 0.526. The second kappa shape index (κ2) is 7.86. The normalized spacial score (nSPS) is 19.1. The predicted octanol–water partition coefficient (Wildman–Crippen LogP) is 2.56. The van der Waals surface area contributed by atoms with Crippen LogP contribution >= 0.6 is 0 Å². The molecule has 7 nitrogen and oxygen atoms in total. The number of carbonyl (C=O) groups is 1. The maximum absolute atomic E-state index is 12.8. The average molecular weight is 358 g/mol. The highest BCUT2D eigenvalue weighted by atomic mass is 16.5. The molecule has 26 heavy (non-hydrogen) atoms. The van der Waals surface area contributed by atoms with E-state index in [1.807, 2.05) is 40.0 Å². The van der Waals surface area contributed by atoms with Gasteiger partial charge in [0.05, 0.1) is 24.5 Å². The minimum Gasteiger partial charge on any atom is -0.477 e. The third kappa shape index (κ3) is 3.72. The van der Waals surface area contributed by atoms with Gasteiger partial charge in [-0.2, -0.15) is 5.10 Å². The van der Waals surface area contributed by atoms with Gasteiger partial charge in [-0.25, -0.2) is 4.98 Å². The standard InChI is InChI=1S/C19H26N4O3/c1-5-9-25-19-14(7-6-8-20-19)11-21-18(24)16-15-10-12(2)26-13(3)17(15)23(4)22-16/h6-8,12-13H,5,9-11H2,1-4H3,(H,21,24)/t12-,13+/m0/s1. The largest absolute Gasteiger partial charge is 0.477 e. The van der Waals surface area contributed by atoms with Crippen molar-refractivity contribution < 1.29 is 14.3 Å². The summed E-state index contributed by atoms with van der Waals surface area (Å²) in [6, 6.07) is 3.74. The number of aromatic nitrogens is 3. The molecule has 1 aliphatic rings. The molecule has 0 aromatic carbocycles. The van der Waals surface area contributed by atoms with Gasteiger partial charge in [-0.1, -0.05) is 13.0 Å². The Kier molecular flexibility index (Phi) is 5.56. The number of pyridine rings is 1. The molecule has 0 spiro atoms. The van der Waals surface area contributed by atoms with E-state index in [2.05, 4.69) is 15.4 Å². The Morgan fingerprint density at radius 2 is 2.27 bits per heavy atom. The number of carbonyl (C=O) groups excluding carboxylic acids is 1. The molecular formula is C19H26N4O3. The van der Waals surface area contributed by atoms with E-state index in [9.17, 15) is 4.79 Å². The van der Waals surface area contributed by atoms with E-state index in [4.69, 9.17) is 9.47 Å². The maximum atomic E-state index is 12.8. The second-order valence-corrected chi connectivity index (χ2v) is 6.63. The summed E-state index contributed by atoms with van der Waals surface area (Å²) in [6.07, 6.45) is 3.28. The molecule has 0 bridgehead atoms. The van der Waals surface area contributed by atoms with Crippen LogP contribution in [0.25, 0.3) is 0 Å². The van der Waals surface area contributed by atoms with Gasteiger partial charge >= 0.3 is 0 Å². The topological polar surface area (TPSA) is 78.3 Å². The van der Waals surface area contributed by atoms with Crippen molar-refractivity contribution in [2.24, 2.45) is 7.05 Å². The Labute approximate surface area is 153 Å². The number of nitrogens with zero attached hydrogens (tertiary/aromatic N) is 3. The highest BCUT2D eigenvalue weighted by Crippen LogP contribution is 2.31. The zero-order valence-corrected chi connectivity index (χ0v) is 15.8. The van der Waals surface area contributed by atoms with Crippen molar-refractivity contribution in [3.05, 3.63) is 40.8 Å². The summed E-state index contributed by atoms with van der Waals surface area (Å²) in [4.78, 5) is 17.0. The van der Waals surface area contributed by atoms with E-state index in [1.165, 1.54) is 0 Å². The molecule has 2 aromatic rings. The van der Waals surface area contributed by atoms with Crippen LogP contribution in [-0.2, 0) is 24.8 Å². The molecular weight excluding hydrogens is 332 g/mol. The number of nitrogens with one attached hydrogen (secondary N) is 1.